The van der Waals surface area contributed by atoms with Crippen LogP contribution < -0.4 is 0 Å². The van der Waals surface area contributed by atoms with Crippen LogP contribution in [0.1, 0.15) is 71.1 Å². The molecule has 0 atom stereocenters. The molecule has 1 nitrogen and oxygen atoms in total. The number of hydrogen-bond acceptors (Lipinski definition) is 1. The number of rotatable bonds is 4. The topological polar surface area (TPSA) is 20.2 Å². The Morgan fingerprint density at radius 3 is 1.83 bits per heavy atom. The molecular weight excluding hydrogens is 220 g/mol. The van der Waals surface area contributed by atoms with Crippen molar-refractivity contribution >= 4 is 0 Å². The van der Waals surface area contributed by atoms with Gasteiger partial charge in [0.05, 0.1) is 0 Å². The molecule has 0 unspecified atom stereocenters. The normalized spacial score (nSPS) is 12.8. The number of phenolic OH excluding ortho intramolecular Hbond substituents is 1. The van der Waals surface area contributed by atoms with Crippen LogP contribution in [0.3, 0.4) is 0 Å². The fourth-order valence-electron chi connectivity index (χ4n) is 2.42. The smallest absolute Gasteiger partial charge is 0.119 e. The Balaban J connectivity index is 3.39. The number of phenols is 1. The van der Waals surface area contributed by atoms with Crippen molar-refractivity contribution in [2.45, 2.75) is 72.1 Å². The van der Waals surface area contributed by atoms with Crippen molar-refractivity contribution in [2.75, 3.05) is 0 Å². The molecule has 1 aromatic rings. The molecule has 0 saturated carbocycles. The van der Waals surface area contributed by atoms with Gasteiger partial charge in [-0.15, -0.1) is 0 Å². The lowest BCUT2D eigenvalue weighted by molar-refractivity contribution is 0.421. The van der Waals surface area contributed by atoms with Crippen LogP contribution in [-0.2, 0) is 10.8 Å². The first-order chi connectivity index (χ1) is 8.15. The van der Waals surface area contributed by atoms with Crippen molar-refractivity contribution < 1.29 is 5.11 Å². The first-order valence-corrected chi connectivity index (χ1v) is 7.00. The van der Waals surface area contributed by atoms with Crippen LogP contribution in [0.2, 0.25) is 0 Å². The number of hydrogen-bond donors (Lipinski definition) is 1. The molecule has 0 amide bonds. The van der Waals surface area contributed by atoms with E-state index in [-0.39, 0.29) is 10.8 Å². The minimum absolute atomic E-state index is 0.0308. The third kappa shape index (κ3) is 2.71. The Bertz CT molecular complexity index is 404. The van der Waals surface area contributed by atoms with Gasteiger partial charge in [-0.3, -0.25) is 0 Å². The summed E-state index contributed by atoms with van der Waals surface area (Å²) in [6.45, 7) is 15.3. The van der Waals surface area contributed by atoms with Crippen molar-refractivity contribution in [3.63, 3.8) is 0 Å². The van der Waals surface area contributed by atoms with Crippen LogP contribution in [0, 0.1) is 6.92 Å². The Labute approximate surface area is 112 Å². The van der Waals surface area contributed by atoms with Crippen LogP contribution in [0.5, 0.6) is 5.75 Å². The third-order valence-electron chi connectivity index (χ3n) is 4.54. The van der Waals surface area contributed by atoms with Gasteiger partial charge >= 0.3 is 0 Å². The highest BCUT2D eigenvalue weighted by atomic mass is 16.3. The molecule has 1 rings (SSSR count). The van der Waals surface area contributed by atoms with Crippen molar-refractivity contribution in [1.29, 1.82) is 0 Å². The Hall–Kier alpha value is -0.980. The summed E-state index contributed by atoms with van der Waals surface area (Å²) in [4.78, 5) is 0. The highest BCUT2D eigenvalue weighted by Crippen LogP contribution is 2.39. The largest absolute Gasteiger partial charge is 0.508 e. The predicted octanol–water partition coefficient (Wildman–Crippen LogP) is 5.08. The first kappa shape index (κ1) is 15.1. The minimum atomic E-state index is 0.0308. The summed E-state index contributed by atoms with van der Waals surface area (Å²) in [6, 6.07) is 4.21. The van der Waals surface area contributed by atoms with Gasteiger partial charge in [0.15, 0.2) is 0 Å². The Morgan fingerprint density at radius 2 is 1.44 bits per heavy atom. The standard InChI is InChI=1S/C17H28O/c1-8-16(4,5)13-10-12(3)15(14(18)11-13)17(6,7)9-2/h10-11,18H,8-9H2,1-7H3. The van der Waals surface area contributed by atoms with E-state index in [1.54, 1.807) is 0 Å². The van der Waals surface area contributed by atoms with Gasteiger partial charge in [-0.25, -0.2) is 0 Å². The molecule has 0 fully saturated rings. The van der Waals surface area contributed by atoms with Gasteiger partial charge < -0.3 is 5.11 Å². The zero-order valence-corrected chi connectivity index (χ0v) is 13.0. The molecule has 0 aliphatic carbocycles. The Kier molecular flexibility index (Phi) is 4.15. The lowest BCUT2D eigenvalue weighted by Crippen LogP contribution is -2.20. The lowest BCUT2D eigenvalue weighted by atomic mass is 9.75. The van der Waals surface area contributed by atoms with Gasteiger partial charge in [-0.1, -0.05) is 47.6 Å². The summed E-state index contributed by atoms with van der Waals surface area (Å²) < 4.78 is 0. The van der Waals surface area contributed by atoms with E-state index < -0.39 is 0 Å². The van der Waals surface area contributed by atoms with Crippen molar-refractivity contribution in [3.8, 4) is 5.75 Å². The number of aryl methyl sites for hydroxylation is 1. The second-order valence-corrected chi connectivity index (χ2v) is 6.66. The maximum Gasteiger partial charge on any atom is 0.119 e. The van der Waals surface area contributed by atoms with Crippen LogP contribution in [0.15, 0.2) is 12.1 Å². The molecular formula is C17H28O. The quantitative estimate of drug-likeness (QED) is 0.788. The maximum atomic E-state index is 10.4. The molecule has 0 radical (unpaired) electrons. The molecule has 1 N–H and O–H groups in total. The average Bonchev–Trinajstić information content (AvgIpc) is 2.27. The van der Waals surface area contributed by atoms with Gasteiger partial charge in [0.1, 0.15) is 5.75 Å². The minimum Gasteiger partial charge on any atom is -0.508 e. The van der Waals surface area contributed by atoms with Crippen LogP contribution >= 0.6 is 0 Å². The van der Waals surface area contributed by atoms with E-state index in [0.717, 1.165) is 18.4 Å². The SMILES string of the molecule is CCC(C)(C)c1cc(C)c(C(C)(C)CC)c(O)c1. The van der Waals surface area contributed by atoms with E-state index >= 15 is 0 Å². The van der Waals surface area contributed by atoms with Gasteiger partial charge in [-0.2, -0.15) is 0 Å². The molecule has 18 heavy (non-hydrogen) atoms. The number of benzene rings is 1. The zero-order chi connectivity index (χ0) is 14.1. The van der Waals surface area contributed by atoms with Gasteiger partial charge in [0.25, 0.3) is 0 Å². The van der Waals surface area contributed by atoms with Gasteiger partial charge in [0.2, 0.25) is 0 Å². The third-order valence-corrected chi connectivity index (χ3v) is 4.54. The second kappa shape index (κ2) is 4.95. The molecule has 0 heterocycles. The molecule has 0 aliphatic heterocycles. The van der Waals surface area contributed by atoms with Crippen molar-refractivity contribution in [1.82, 2.24) is 0 Å². The summed E-state index contributed by atoms with van der Waals surface area (Å²) in [5, 5.41) is 10.4. The van der Waals surface area contributed by atoms with E-state index in [1.807, 2.05) is 6.07 Å². The van der Waals surface area contributed by atoms with E-state index in [1.165, 1.54) is 11.1 Å². The summed E-state index contributed by atoms with van der Waals surface area (Å²) in [7, 11) is 0. The van der Waals surface area contributed by atoms with E-state index in [9.17, 15) is 5.11 Å². The fourth-order valence-corrected chi connectivity index (χ4v) is 2.42. The molecule has 0 aromatic heterocycles. The molecule has 0 bridgehead atoms. The molecule has 102 valence electrons. The second-order valence-electron chi connectivity index (χ2n) is 6.66. The van der Waals surface area contributed by atoms with Crippen molar-refractivity contribution in [3.05, 3.63) is 28.8 Å². The first-order valence-electron chi connectivity index (χ1n) is 7.00. The molecule has 0 saturated heterocycles. The summed E-state index contributed by atoms with van der Waals surface area (Å²) in [6.07, 6.45) is 2.10. The summed E-state index contributed by atoms with van der Waals surface area (Å²) in [5.74, 6) is 0.457. The van der Waals surface area contributed by atoms with Crippen LogP contribution in [0.25, 0.3) is 0 Å². The van der Waals surface area contributed by atoms with Gasteiger partial charge in [0, 0.05) is 5.56 Å². The van der Waals surface area contributed by atoms with Crippen LogP contribution in [-0.4, -0.2) is 5.11 Å². The molecule has 0 spiro atoms. The van der Waals surface area contributed by atoms with E-state index in [0.29, 0.717) is 5.75 Å². The number of aromatic hydroxyl groups is 1. The fraction of sp³-hybridized carbons (Fsp3) is 0.647. The van der Waals surface area contributed by atoms with E-state index in [4.69, 9.17) is 0 Å². The highest BCUT2D eigenvalue weighted by molar-refractivity contribution is 5.48. The average molecular weight is 248 g/mol. The van der Waals surface area contributed by atoms with Gasteiger partial charge in [-0.05, 0) is 47.8 Å². The highest BCUT2D eigenvalue weighted by Gasteiger charge is 2.27. The summed E-state index contributed by atoms with van der Waals surface area (Å²) >= 11 is 0. The van der Waals surface area contributed by atoms with Crippen molar-refractivity contribution in [2.24, 2.45) is 0 Å². The molecule has 1 aromatic carbocycles. The van der Waals surface area contributed by atoms with E-state index in [2.05, 4.69) is 54.5 Å². The summed E-state index contributed by atoms with van der Waals surface area (Å²) in [5.41, 5.74) is 3.69. The predicted molar refractivity (Wildman–Crippen MR) is 79.5 cm³/mol. The lowest BCUT2D eigenvalue weighted by Gasteiger charge is -2.30. The monoisotopic (exact) mass is 248 g/mol. The Morgan fingerprint density at radius 1 is 0.944 bits per heavy atom. The van der Waals surface area contributed by atoms with Crippen LogP contribution in [0.4, 0.5) is 0 Å². The maximum absolute atomic E-state index is 10.4. The molecule has 1 heteroatoms. The molecule has 0 aliphatic rings. The zero-order valence-electron chi connectivity index (χ0n) is 13.0.